The highest BCUT2D eigenvalue weighted by Gasteiger charge is 2.05. The molecule has 0 aliphatic rings. The molecule has 0 radical (unpaired) electrons. The number of aromatic nitrogens is 2. The normalized spacial score (nSPS) is 10.6. The summed E-state index contributed by atoms with van der Waals surface area (Å²) in [5, 5.41) is 10.2. The van der Waals surface area contributed by atoms with Gasteiger partial charge in [-0.3, -0.25) is 10.1 Å². The second-order valence-electron chi connectivity index (χ2n) is 1.97. The Morgan fingerprint density at radius 3 is 2.38 bits per heavy atom. The van der Waals surface area contributed by atoms with Gasteiger partial charge in [0.1, 0.15) is 16.6 Å². The van der Waals surface area contributed by atoms with Gasteiger partial charge in [-0.25, -0.2) is 9.97 Å². The largest absolute Gasteiger partial charge is 0.259 e. The minimum Gasteiger partial charge on any atom is -0.259 e. The quantitative estimate of drug-likeness (QED) is 0.434. The SMILES string of the molecule is O=[N+]([O-])/C=C/c1c(Cl)ncnc1Cl. The molecule has 0 aliphatic carbocycles. The van der Waals surface area contributed by atoms with Gasteiger partial charge < -0.3 is 0 Å². The summed E-state index contributed by atoms with van der Waals surface area (Å²) >= 11 is 11.2. The molecule has 1 aromatic heterocycles. The third-order valence-corrected chi connectivity index (χ3v) is 1.75. The Morgan fingerprint density at radius 1 is 1.38 bits per heavy atom. The summed E-state index contributed by atoms with van der Waals surface area (Å²) in [5.41, 5.74) is 0.238. The van der Waals surface area contributed by atoms with Crippen LogP contribution in [0.15, 0.2) is 12.5 Å². The Morgan fingerprint density at radius 2 is 1.92 bits per heavy atom. The molecule has 0 bridgehead atoms. The maximum Gasteiger partial charge on any atom is 0.235 e. The molecule has 0 spiro atoms. The Labute approximate surface area is 83.2 Å². The lowest BCUT2D eigenvalue weighted by Gasteiger charge is -1.96. The maximum absolute atomic E-state index is 9.99. The highest BCUT2D eigenvalue weighted by Crippen LogP contribution is 2.20. The van der Waals surface area contributed by atoms with Crippen molar-refractivity contribution in [2.75, 3.05) is 0 Å². The number of hydrogen-bond acceptors (Lipinski definition) is 4. The summed E-state index contributed by atoms with van der Waals surface area (Å²) in [6, 6.07) is 0. The second kappa shape index (κ2) is 4.15. The van der Waals surface area contributed by atoms with Crippen molar-refractivity contribution < 1.29 is 4.92 Å². The van der Waals surface area contributed by atoms with Crippen LogP contribution in [0.3, 0.4) is 0 Å². The van der Waals surface area contributed by atoms with Crippen molar-refractivity contribution in [3.05, 3.63) is 38.5 Å². The van der Waals surface area contributed by atoms with E-state index in [9.17, 15) is 10.1 Å². The third kappa shape index (κ3) is 2.64. The van der Waals surface area contributed by atoms with E-state index in [0.717, 1.165) is 12.3 Å². The first-order chi connectivity index (χ1) is 6.11. The fourth-order valence-corrected chi connectivity index (χ4v) is 1.07. The number of hydrogen-bond donors (Lipinski definition) is 0. The van der Waals surface area contributed by atoms with Gasteiger partial charge in [0.05, 0.1) is 10.5 Å². The summed E-state index contributed by atoms with van der Waals surface area (Å²) in [6.45, 7) is 0. The van der Waals surface area contributed by atoms with Crippen molar-refractivity contribution in [2.24, 2.45) is 0 Å². The molecule has 7 heteroatoms. The van der Waals surface area contributed by atoms with Crippen LogP contribution in [0.25, 0.3) is 6.08 Å². The van der Waals surface area contributed by atoms with Crippen LogP contribution < -0.4 is 0 Å². The molecule has 68 valence electrons. The van der Waals surface area contributed by atoms with Crippen LogP contribution >= 0.6 is 23.2 Å². The summed E-state index contributed by atoms with van der Waals surface area (Å²) in [7, 11) is 0. The van der Waals surface area contributed by atoms with Gasteiger partial charge in [-0.15, -0.1) is 0 Å². The first-order valence-corrected chi connectivity index (χ1v) is 3.84. The van der Waals surface area contributed by atoms with Crippen molar-refractivity contribution in [3.8, 4) is 0 Å². The molecule has 0 unspecified atom stereocenters. The van der Waals surface area contributed by atoms with Crippen LogP contribution in [0.2, 0.25) is 10.3 Å². The van der Waals surface area contributed by atoms with Gasteiger partial charge in [-0.1, -0.05) is 23.2 Å². The van der Waals surface area contributed by atoms with Gasteiger partial charge >= 0.3 is 0 Å². The first-order valence-electron chi connectivity index (χ1n) is 3.09. The predicted molar refractivity (Wildman–Crippen MR) is 48.1 cm³/mol. The number of halogens is 2. The van der Waals surface area contributed by atoms with E-state index in [4.69, 9.17) is 23.2 Å². The van der Waals surface area contributed by atoms with E-state index < -0.39 is 4.92 Å². The van der Waals surface area contributed by atoms with E-state index in [-0.39, 0.29) is 15.9 Å². The topological polar surface area (TPSA) is 68.9 Å². The van der Waals surface area contributed by atoms with Gasteiger partial charge in [0.2, 0.25) is 6.20 Å². The predicted octanol–water partition coefficient (Wildman–Crippen LogP) is 2.03. The molecule has 1 aromatic rings. The second-order valence-corrected chi connectivity index (χ2v) is 2.69. The molecule has 0 aromatic carbocycles. The van der Waals surface area contributed by atoms with E-state index in [2.05, 4.69) is 9.97 Å². The standard InChI is InChI=1S/C6H3Cl2N3O2/c7-5-4(1-2-11(12)13)6(8)10-3-9-5/h1-3H/b2-1+. The average molecular weight is 220 g/mol. The summed E-state index contributed by atoms with van der Waals surface area (Å²) < 4.78 is 0. The molecule has 0 aliphatic heterocycles. The zero-order chi connectivity index (χ0) is 9.84. The monoisotopic (exact) mass is 219 g/mol. The van der Waals surface area contributed by atoms with Crippen LogP contribution in [0.4, 0.5) is 0 Å². The van der Waals surface area contributed by atoms with E-state index in [1.54, 1.807) is 0 Å². The van der Waals surface area contributed by atoms with Crippen LogP contribution in [0.5, 0.6) is 0 Å². The van der Waals surface area contributed by atoms with Crippen molar-refractivity contribution in [2.45, 2.75) is 0 Å². The Kier molecular flexibility index (Phi) is 3.16. The van der Waals surface area contributed by atoms with E-state index in [1.807, 2.05) is 0 Å². The molecule has 0 saturated carbocycles. The Bertz CT molecular complexity index is 347. The van der Waals surface area contributed by atoms with Crippen molar-refractivity contribution in [3.63, 3.8) is 0 Å². The number of nitrogens with zero attached hydrogens (tertiary/aromatic N) is 3. The average Bonchev–Trinajstić information content (AvgIpc) is 2.03. The van der Waals surface area contributed by atoms with Gasteiger partial charge in [-0.2, -0.15) is 0 Å². The zero-order valence-electron chi connectivity index (χ0n) is 6.15. The molecule has 0 amide bonds. The first kappa shape index (κ1) is 9.88. The smallest absolute Gasteiger partial charge is 0.235 e. The summed E-state index contributed by atoms with van der Waals surface area (Å²) in [5.74, 6) is 0. The van der Waals surface area contributed by atoms with Crippen LogP contribution in [-0.2, 0) is 0 Å². The fourth-order valence-electron chi connectivity index (χ4n) is 0.627. The maximum atomic E-state index is 9.99. The molecule has 0 N–H and O–H groups in total. The fraction of sp³-hybridized carbons (Fsp3) is 0. The molecule has 5 nitrogen and oxygen atoms in total. The Balaban J connectivity index is 3.06. The Hall–Kier alpha value is -1.20. The van der Waals surface area contributed by atoms with Crippen LogP contribution in [-0.4, -0.2) is 14.9 Å². The third-order valence-electron chi connectivity index (χ3n) is 1.15. The van der Waals surface area contributed by atoms with Crippen LogP contribution in [0, 0.1) is 10.1 Å². The summed E-state index contributed by atoms with van der Waals surface area (Å²) in [4.78, 5) is 16.6. The molecule has 1 heterocycles. The van der Waals surface area contributed by atoms with E-state index in [0.29, 0.717) is 0 Å². The molecular weight excluding hydrogens is 217 g/mol. The van der Waals surface area contributed by atoms with Gasteiger partial charge in [0.15, 0.2) is 0 Å². The molecule has 1 rings (SSSR count). The number of nitro groups is 1. The molecule has 0 fully saturated rings. The lowest BCUT2D eigenvalue weighted by molar-refractivity contribution is -0.400. The van der Waals surface area contributed by atoms with E-state index in [1.165, 1.54) is 6.33 Å². The van der Waals surface area contributed by atoms with Gasteiger partial charge in [0, 0.05) is 6.08 Å². The molecule has 0 atom stereocenters. The van der Waals surface area contributed by atoms with Crippen molar-refractivity contribution in [1.82, 2.24) is 9.97 Å². The van der Waals surface area contributed by atoms with Crippen molar-refractivity contribution in [1.29, 1.82) is 0 Å². The van der Waals surface area contributed by atoms with Gasteiger partial charge in [-0.05, 0) is 0 Å². The minimum absolute atomic E-state index is 0.0816. The number of rotatable bonds is 2. The highest BCUT2D eigenvalue weighted by atomic mass is 35.5. The lowest BCUT2D eigenvalue weighted by Crippen LogP contribution is -1.88. The van der Waals surface area contributed by atoms with E-state index >= 15 is 0 Å². The molecule has 0 saturated heterocycles. The summed E-state index contributed by atoms with van der Waals surface area (Å²) in [6.07, 6.45) is 3.04. The highest BCUT2D eigenvalue weighted by molar-refractivity contribution is 6.35. The van der Waals surface area contributed by atoms with Gasteiger partial charge in [0.25, 0.3) is 0 Å². The molecule has 13 heavy (non-hydrogen) atoms. The van der Waals surface area contributed by atoms with Crippen molar-refractivity contribution >= 4 is 29.3 Å². The van der Waals surface area contributed by atoms with Crippen LogP contribution in [0.1, 0.15) is 5.56 Å². The zero-order valence-corrected chi connectivity index (χ0v) is 7.66. The minimum atomic E-state index is -0.625. The molecular formula is C6H3Cl2N3O2. The lowest BCUT2D eigenvalue weighted by atomic mass is 10.3.